The molecular weight excluding hydrogens is 394 g/mol. The first-order valence-corrected chi connectivity index (χ1v) is 11.6. The number of aryl methyl sites for hydroxylation is 2. The van der Waals surface area contributed by atoms with Crippen LogP contribution in [0.5, 0.6) is 0 Å². The fraction of sp³-hybridized carbons (Fsp3) is 0.500. The Hall–Kier alpha value is -1.77. The number of aromatic nitrogens is 1. The summed E-state index contributed by atoms with van der Waals surface area (Å²) in [5.74, 6) is -0.0729. The van der Waals surface area contributed by atoms with Crippen LogP contribution in [0.4, 0.5) is 0 Å². The second-order valence-electron chi connectivity index (χ2n) is 8.22. The molecule has 0 spiro atoms. The number of benzene rings is 1. The minimum Gasteiger partial charge on any atom is -0.335 e. The lowest BCUT2D eigenvalue weighted by Gasteiger charge is -2.33. The van der Waals surface area contributed by atoms with Crippen LogP contribution >= 0.6 is 11.3 Å². The van der Waals surface area contributed by atoms with E-state index >= 15 is 0 Å². The molecule has 3 rings (SSSR count). The number of carbonyl (C=O) groups excluding carboxylic acids is 1. The zero-order valence-electron chi connectivity index (χ0n) is 17.0. The van der Waals surface area contributed by atoms with Gasteiger partial charge in [0.1, 0.15) is 4.88 Å². The quantitative estimate of drug-likeness (QED) is 0.763. The lowest BCUT2D eigenvalue weighted by molar-refractivity contribution is 0.0702. The van der Waals surface area contributed by atoms with E-state index in [1.807, 2.05) is 19.9 Å². The highest BCUT2D eigenvalue weighted by molar-refractivity contribution is 7.89. The Morgan fingerprint density at radius 3 is 2.25 bits per heavy atom. The first-order valence-electron chi connectivity index (χ1n) is 9.33. The van der Waals surface area contributed by atoms with E-state index in [1.54, 1.807) is 23.2 Å². The number of thiazole rings is 1. The van der Waals surface area contributed by atoms with E-state index in [2.05, 4.69) is 25.8 Å². The Morgan fingerprint density at radius 1 is 1.07 bits per heavy atom. The minimum absolute atomic E-state index is 0.0729. The minimum atomic E-state index is -3.54. The van der Waals surface area contributed by atoms with Crippen LogP contribution in [-0.4, -0.2) is 54.7 Å². The Kier molecular flexibility index (Phi) is 5.67. The number of hydrogen-bond donors (Lipinski definition) is 0. The molecule has 0 atom stereocenters. The average molecular weight is 422 g/mol. The Balaban J connectivity index is 1.69. The first kappa shape index (κ1) is 21.0. The van der Waals surface area contributed by atoms with Crippen LogP contribution in [0.2, 0.25) is 0 Å². The van der Waals surface area contributed by atoms with Crippen molar-refractivity contribution in [3.8, 4) is 0 Å². The van der Waals surface area contributed by atoms with Gasteiger partial charge < -0.3 is 4.90 Å². The summed E-state index contributed by atoms with van der Waals surface area (Å²) in [6.07, 6.45) is 1.63. The third-order valence-corrected chi connectivity index (χ3v) is 8.31. The number of hydrogen-bond acceptors (Lipinski definition) is 5. The smallest absolute Gasteiger partial charge is 0.265 e. The maximum Gasteiger partial charge on any atom is 0.265 e. The highest BCUT2D eigenvalue weighted by Crippen LogP contribution is 2.28. The summed E-state index contributed by atoms with van der Waals surface area (Å²) in [5, 5.41) is 0.923. The third kappa shape index (κ3) is 4.14. The van der Waals surface area contributed by atoms with Gasteiger partial charge in [-0.3, -0.25) is 4.79 Å². The summed E-state index contributed by atoms with van der Waals surface area (Å²) in [7, 11) is -3.54. The van der Waals surface area contributed by atoms with E-state index in [9.17, 15) is 13.2 Å². The molecule has 152 valence electrons. The van der Waals surface area contributed by atoms with Crippen molar-refractivity contribution < 1.29 is 13.2 Å². The molecule has 1 amide bonds. The van der Waals surface area contributed by atoms with Crippen molar-refractivity contribution in [1.82, 2.24) is 14.2 Å². The van der Waals surface area contributed by atoms with Gasteiger partial charge in [-0.25, -0.2) is 13.4 Å². The van der Waals surface area contributed by atoms with Gasteiger partial charge in [0.2, 0.25) is 10.0 Å². The zero-order valence-corrected chi connectivity index (χ0v) is 18.7. The van der Waals surface area contributed by atoms with Crippen LogP contribution < -0.4 is 0 Å². The van der Waals surface area contributed by atoms with Gasteiger partial charge in [-0.2, -0.15) is 4.31 Å². The molecule has 0 N–H and O–H groups in total. The maximum atomic E-state index is 12.9. The van der Waals surface area contributed by atoms with E-state index in [4.69, 9.17) is 0 Å². The highest BCUT2D eigenvalue weighted by Gasteiger charge is 2.31. The lowest BCUT2D eigenvalue weighted by Crippen LogP contribution is -2.50. The predicted molar refractivity (Wildman–Crippen MR) is 111 cm³/mol. The van der Waals surface area contributed by atoms with Gasteiger partial charge in [0.25, 0.3) is 5.91 Å². The molecule has 1 aliphatic rings. The monoisotopic (exact) mass is 421 g/mol. The van der Waals surface area contributed by atoms with E-state index < -0.39 is 10.0 Å². The van der Waals surface area contributed by atoms with E-state index in [0.29, 0.717) is 36.0 Å². The molecule has 2 heterocycles. The summed E-state index contributed by atoms with van der Waals surface area (Å²) in [5.41, 5.74) is 1.92. The number of amides is 1. The Bertz CT molecular complexity index is 982. The van der Waals surface area contributed by atoms with Crippen molar-refractivity contribution in [3.05, 3.63) is 45.4 Å². The van der Waals surface area contributed by atoms with Gasteiger partial charge in [0, 0.05) is 31.6 Å². The fourth-order valence-electron chi connectivity index (χ4n) is 3.03. The SMILES string of the molecule is Cc1ccc(S(=O)(=O)N2CCN(C(=O)c3cnc(C(C)(C)C)s3)CC2)cc1C. The molecule has 0 radical (unpaired) electrons. The molecule has 28 heavy (non-hydrogen) atoms. The molecular formula is C20H27N3O3S2. The summed E-state index contributed by atoms with van der Waals surface area (Å²) in [6.45, 7) is 11.4. The largest absolute Gasteiger partial charge is 0.335 e. The van der Waals surface area contributed by atoms with Crippen LogP contribution in [0.25, 0.3) is 0 Å². The van der Waals surface area contributed by atoms with Gasteiger partial charge >= 0.3 is 0 Å². The van der Waals surface area contributed by atoms with Crippen molar-refractivity contribution in [2.45, 2.75) is 44.9 Å². The molecule has 1 aromatic heterocycles. The van der Waals surface area contributed by atoms with E-state index in [0.717, 1.165) is 16.1 Å². The van der Waals surface area contributed by atoms with E-state index in [-0.39, 0.29) is 11.3 Å². The summed E-state index contributed by atoms with van der Waals surface area (Å²) in [4.78, 5) is 19.8. The number of carbonyl (C=O) groups is 1. The standard InChI is InChI=1S/C20H27N3O3S2/c1-14-6-7-16(12-15(14)2)28(25,26)23-10-8-22(9-11-23)18(24)17-13-21-19(27-17)20(3,4)5/h6-7,12-13H,8-11H2,1-5H3. The van der Waals surface area contributed by atoms with Crippen molar-refractivity contribution in [2.75, 3.05) is 26.2 Å². The fourth-order valence-corrected chi connectivity index (χ4v) is 5.48. The molecule has 1 aromatic carbocycles. The lowest BCUT2D eigenvalue weighted by atomic mass is 9.98. The van der Waals surface area contributed by atoms with Crippen molar-refractivity contribution in [3.63, 3.8) is 0 Å². The van der Waals surface area contributed by atoms with Gasteiger partial charge in [-0.05, 0) is 37.1 Å². The van der Waals surface area contributed by atoms with Crippen LogP contribution in [0.15, 0.2) is 29.3 Å². The molecule has 1 saturated heterocycles. The first-order chi connectivity index (χ1) is 13.0. The van der Waals surface area contributed by atoms with Gasteiger partial charge in [-0.1, -0.05) is 26.8 Å². The molecule has 0 bridgehead atoms. The summed E-state index contributed by atoms with van der Waals surface area (Å²) >= 11 is 1.41. The maximum absolute atomic E-state index is 12.9. The van der Waals surface area contributed by atoms with E-state index in [1.165, 1.54) is 15.6 Å². The van der Waals surface area contributed by atoms with Gasteiger partial charge in [-0.15, -0.1) is 11.3 Å². The van der Waals surface area contributed by atoms with Crippen LogP contribution in [-0.2, 0) is 15.4 Å². The number of piperazine rings is 1. The number of nitrogens with zero attached hydrogens (tertiary/aromatic N) is 3. The topological polar surface area (TPSA) is 70.6 Å². The third-order valence-electron chi connectivity index (χ3n) is 5.00. The number of sulfonamides is 1. The van der Waals surface area contributed by atoms with Gasteiger partial charge in [0.05, 0.1) is 16.1 Å². The zero-order chi connectivity index (χ0) is 20.7. The Morgan fingerprint density at radius 2 is 1.71 bits per heavy atom. The van der Waals surface area contributed by atoms with Gasteiger partial charge in [0.15, 0.2) is 0 Å². The Labute approximate surface area is 171 Å². The molecule has 0 saturated carbocycles. The predicted octanol–water partition coefficient (Wildman–Crippen LogP) is 3.20. The molecule has 6 nitrogen and oxygen atoms in total. The van der Waals surface area contributed by atoms with Crippen LogP contribution in [0.3, 0.4) is 0 Å². The number of rotatable bonds is 3. The highest BCUT2D eigenvalue weighted by atomic mass is 32.2. The second-order valence-corrected chi connectivity index (χ2v) is 11.2. The summed E-state index contributed by atoms with van der Waals surface area (Å²) in [6, 6.07) is 5.20. The molecule has 0 aliphatic carbocycles. The van der Waals surface area contributed by atoms with Crippen molar-refractivity contribution >= 4 is 27.3 Å². The van der Waals surface area contributed by atoms with Crippen molar-refractivity contribution in [2.24, 2.45) is 0 Å². The van der Waals surface area contributed by atoms with Crippen LogP contribution in [0.1, 0.15) is 46.6 Å². The molecule has 2 aromatic rings. The molecule has 1 fully saturated rings. The van der Waals surface area contributed by atoms with Crippen LogP contribution in [0, 0.1) is 13.8 Å². The molecule has 1 aliphatic heterocycles. The summed E-state index contributed by atoms with van der Waals surface area (Å²) < 4.78 is 27.3. The molecule has 0 unspecified atom stereocenters. The van der Waals surface area contributed by atoms with Crippen molar-refractivity contribution in [1.29, 1.82) is 0 Å². The molecule has 8 heteroatoms. The average Bonchev–Trinajstić information content (AvgIpc) is 3.14. The normalized spacial score (nSPS) is 16.4. The second kappa shape index (κ2) is 7.57.